The van der Waals surface area contributed by atoms with Gasteiger partial charge in [-0.2, -0.15) is 0 Å². The van der Waals surface area contributed by atoms with Gasteiger partial charge in [0.1, 0.15) is 6.54 Å². The number of sulfonamides is 1. The summed E-state index contributed by atoms with van der Waals surface area (Å²) in [6, 6.07) is 10.2. The van der Waals surface area contributed by atoms with Crippen molar-refractivity contribution < 1.29 is 28.2 Å². The second kappa shape index (κ2) is 6.90. The lowest BCUT2D eigenvalue weighted by Gasteiger charge is -2.23. The van der Waals surface area contributed by atoms with Crippen LogP contribution in [-0.4, -0.2) is 37.1 Å². The van der Waals surface area contributed by atoms with E-state index in [1.165, 1.54) is 42.5 Å². The number of nitrogens with zero attached hydrogens (tertiary/aromatic N) is 1. The Morgan fingerprint density at radius 1 is 1.04 bits per heavy atom. The molecule has 0 saturated carbocycles. The molecule has 2 N–H and O–H groups in total. The lowest BCUT2D eigenvalue weighted by atomic mass is 10.2. The summed E-state index contributed by atoms with van der Waals surface area (Å²) >= 11 is 5.73. The van der Waals surface area contributed by atoms with E-state index in [1.54, 1.807) is 0 Å². The number of carboxylic acid groups (broad SMARTS) is 2. The molecule has 0 aliphatic carbocycles. The van der Waals surface area contributed by atoms with Crippen molar-refractivity contribution in [3.8, 4) is 0 Å². The van der Waals surface area contributed by atoms with Crippen molar-refractivity contribution in [3.05, 3.63) is 59.1 Å². The van der Waals surface area contributed by atoms with E-state index in [0.717, 1.165) is 6.07 Å². The lowest BCUT2D eigenvalue weighted by Crippen LogP contribution is -2.35. The maximum absolute atomic E-state index is 12.7. The molecule has 0 radical (unpaired) electrons. The van der Waals surface area contributed by atoms with Gasteiger partial charge in [-0.05, 0) is 42.5 Å². The molecule has 2 aromatic carbocycles. The minimum atomic E-state index is -4.21. The van der Waals surface area contributed by atoms with Crippen molar-refractivity contribution in [2.45, 2.75) is 4.90 Å². The number of hydrogen-bond acceptors (Lipinski definition) is 4. The first-order valence-corrected chi connectivity index (χ1v) is 8.37. The zero-order chi connectivity index (χ0) is 17.9. The van der Waals surface area contributed by atoms with Crippen LogP contribution in [-0.2, 0) is 14.8 Å². The van der Waals surface area contributed by atoms with Gasteiger partial charge in [0.05, 0.1) is 16.1 Å². The summed E-state index contributed by atoms with van der Waals surface area (Å²) in [5.74, 6) is -2.63. The van der Waals surface area contributed by atoms with E-state index >= 15 is 0 Å². The van der Waals surface area contributed by atoms with Gasteiger partial charge >= 0.3 is 11.9 Å². The fraction of sp³-hybridized carbons (Fsp3) is 0.0667. The van der Waals surface area contributed by atoms with Gasteiger partial charge in [-0.1, -0.05) is 17.7 Å². The quantitative estimate of drug-likeness (QED) is 0.808. The van der Waals surface area contributed by atoms with Gasteiger partial charge in [-0.15, -0.1) is 0 Å². The van der Waals surface area contributed by atoms with Crippen molar-refractivity contribution in [1.29, 1.82) is 0 Å². The highest BCUT2D eigenvalue weighted by Crippen LogP contribution is 2.25. The molecular formula is C15H12ClNO6S. The number of carboxylic acids is 2. The minimum absolute atomic E-state index is 0.0627. The summed E-state index contributed by atoms with van der Waals surface area (Å²) in [5.41, 5.74) is -0.221. The number of aromatic carboxylic acids is 1. The van der Waals surface area contributed by atoms with E-state index in [0.29, 0.717) is 9.33 Å². The summed E-state index contributed by atoms with van der Waals surface area (Å²) in [5, 5.41) is 18.4. The number of aliphatic carboxylic acids is 1. The zero-order valence-corrected chi connectivity index (χ0v) is 13.7. The molecule has 0 saturated heterocycles. The molecule has 0 aromatic heterocycles. The number of rotatable bonds is 6. The molecule has 24 heavy (non-hydrogen) atoms. The summed E-state index contributed by atoms with van der Waals surface area (Å²) in [7, 11) is -4.21. The number of carbonyl (C=O) groups is 2. The summed E-state index contributed by atoms with van der Waals surface area (Å²) < 4.78 is 26.1. The third-order valence-corrected chi connectivity index (χ3v) is 5.10. The molecule has 0 fully saturated rings. The Balaban J connectivity index is 2.56. The number of anilines is 1. The van der Waals surface area contributed by atoms with Crippen LogP contribution in [0, 0.1) is 0 Å². The van der Waals surface area contributed by atoms with Crippen molar-refractivity contribution in [1.82, 2.24) is 0 Å². The van der Waals surface area contributed by atoms with Gasteiger partial charge < -0.3 is 10.2 Å². The fourth-order valence-electron chi connectivity index (χ4n) is 1.97. The molecule has 0 aliphatic rings. The smallest absolute Gasteiger partial charge is 0.335 e. The van der Waals surface area contributed by atoms with Gasteiger partial charge in [-0.3, -0.25) is 9.10 Å². The van der Waals surface area contributed by atoms with E-state index in [2.05, 4.69) is 0 Å². The number of benzene rings is 2. The van der Waals surface area contributed by atoms with E-state index in [9.17, 15) is 18.0 Å². The Kier molecular flexibility index (Phi) is 5.10. The summed E-state index contributed by atoms with van der Waals surface area (Å²) in [4.78, 5) is 22.0. The molecule has 2 rings (SSSR count). The van der Waals surface area contributed by atoms with Crippen LogP contribution in [0.3, 0.4) is 0 Å². The predicted molar refractivity (Wildman–Crippen MR) is 87.0 cm³/mol. The molecule has 0 spiro atoms. The van der Waals surface area contributed by atoms with Crippen LogP contribution in [0.2, 0.25) is 5.02 Å². The average Bonchev–Trinajstić information content (AvgIpc) is 2.53. The number of hydrogen-bond donors (Lipinski definition) is 2. The topological polar surface area (TPSA) is 112 Å². The van der Waals surface area contributed by atoms with Crippen LogP contribution in [0.15, 0.2) is 53.4 Å². The first-order valence-electron chi connectivity index (χ1n) is 6.55. The predicted octanol–water partition coefficient (Wildman–Crippen LogP) is 2.32. The van der Waals surface area contributed by atoms with Crippen LogP contribution in [0.1, 0.15) is 10.4 Å². The van der Waals surface area contributed by atoms with E-state index in [1.807, 2.05) is 0 Å². The van der Waals surface area contributed by atoms with Crippen LogP contribution < -0.4 is 4.31 Å². The molecule has 0 heterocycles. The second-order valence-corrected chi connectivity index (χ2v) is 7.01. The minimum Gasteiger partial charge on any atom is -0.480 e. The Bertz CT molecular complexity index is 879. The van der Waals surface area contributed by atoms with E-state index in [4.69, 9.17) is 21.8 Å². The Hall–Kier alpha value is -2.58. The third kappa shape index (κ3) is 3.84. The van der Waals surface area contributed by atoms with Gasteiger partial charge in [0.15, 0.2) is 0 Å². The highest BCUT2D eigenvalue weighted by Gasteiger charge is 2.27. The van der Waals surface area contributed by atoms with Crippen LogP contribution in [0.5, 0.6) is 0 Å². The van der Waals surface area contributed by atoms with Crippen molar-refractivity contribution in [2.75, 3.05) is 10.8 Å². The largest absolute Gasteiger partial charge is 0.480 e. The second-order valence-electron chi connectivity index (χ2n) is 4.71. The fourth-order valence-corrected chi connectivity index (χ4v) is 3.50. The summed E-state index contributed by atoms with van der Waals surface area (Å²) in [6.45, 7) is -0.853. The highest BCUT2D eigenvalue weighted by atomic mass is 35.5. The highest BCUT2D eigenvalue weighted by molar-refractivity contribution is 7.92. The molecule has 2 aromatic rings. The standard InChI is InChI=1S/C15H12ClNO6S/c16-11-4-6-13(7-5-11)24(22,23)17(9-14(18)19)12-3-1-2-10(8-12)15(20)21/h1-8H,9H2,(H,18,19)(H,20,21). The Morgan fingerprint density at radius 2 is 1.67 bits per heavy atom. The molecule has 0 atom stereocenters. The van der Waals surface area contributed by atoms with Crippen molar-refractivity contribution in [2.24, 2.45) is 0 Å². The molecule has 0 unspecified atom stereocenters. The maximum atomic E-state index is 12.7. The Labute approximate surface area is 142 Å². The van der Waals surface area contributed by atoms with Gasteiger partial charge in [0.25, 0.3) is 10.0 Å². The van der Waals surface area contributed by atoms with E-state index in [-0.39, 0.29) is 16.1 Å². The SMILES string of the molecule is O=C(O)CN(c1cccc(C(=O)O)c1)S(=O)(=O)c1ccc(Cl)cc1. The first kappa shape index (κ1) is 17.8. The molecule has 0 amide bonds. The van der Waals surface area contributed by atoms with E-state index < -0.39 is 28.5 Å². The van der Waals surface area contributed by atoms with Crippen molar-refractivity contribution >= 4 is 39.3 Å². The normalized spacial score (nSPS) is 11.0. The molecule has 126 valence electrons. The molecule has 7 nitrogen and oxygen atoms in total. The maximum Gasteiger partial charge on any atom is 0.335 e. The van der Waals surface area contributed by atoms with Gasteiger partial charge in [-0.25, -0.2) is 13.2 Å². The summed E-state index contributed by atoms with van der Waals surface area (Å²) in [6.07, 6.45) is 0. The zero-order valence-electron chi connectivity index (χ0n) is 12.1. The Morgan fingerprint density at radius 3 is 2.21 bits per heavy atom. The average molecular weight is 370 g/mol. The first-order chi connectivity index (χ1) is 11.2. The van der Waals surface area contributed by atoms with Crippen LogP contribution >= 0.6 is 11.6 Å². The van der Waals surface area contributed by atoms with Crippen LogP contribution in [0.25, 0.3) is 0 Å². The van der Waals surface area contributed by atoms with Crippen LogP contribution in [0.4, 0.5) is 5.69 Å². The lowest BCUT2D eigenvalue weighted by molar-refractivity contribution is -0.135. The third-order valence-electron chi connectivity index (χ3n) is 3.06. The molecule has 0 bridgehead atoms. The van der Waals surface area contributed by atoms with Gasteiger partial charge in [0.2, 0.25) is 0 Å². The molecule has 0 aliphatic heterocycles. The number of halogens is 1. The molecule has 9 heteroatoms. The van der Waals surface area contributed by atoms with Crippen molar-refractivity contribution in [3.63, 3.8) is 0 Å². The molecular weight excluding hydrogens is 358 g/mol. The van der Waals surface area contributed by atoms with Gasteiger partial charge in [0, 0.05) is 5.02 Å². The monoisotopic (exact) mass is 369 g/mol.